The number of anilines is 1. The lowest BCUT2D eigenvalue weighted by atomic mass is 10.0. The summed E-state index contributed by atoms with van der Waals surface area (Å²) in [5.74, 6) is 0.593. The van der Waals surface area contributed by atoms with E-state index in [0.29, 0.717) is 17.8 Å². The number of amides is 1. The third kappa shape index (κ3) is 2.78. The van der Waals surface area contributed by atoms with Crippen molar-refractivity contribution in [3.8, 4) is 5.75 Å². The first-order valence-electron chi connectivity index (χ1n) is 7.29. The van der Waals surface area contributed by atoms with E-state index in [2.05, 4.69) is 0 Å². The van der Waals surface area contributed by atoms with Crippen LogP contribution < -0.4 is 9.64 Å². The zero-order valence-electron chi connectivity index (χ0n) is 13.1. The Kier molecular flexibility index (Phi) is 4.04. The van der Waals surface area contributed by atoms with Gasteiger partial charge in [-0.3, -0.25) is 15.1 Å². The van der Waals surface area contributed by atoms with Crippen molar-refractivity contribution in [3.05, 3.63) is 65.9 Å². The molecule has 0 radical (unpaired) electrons. The topological polar surface area (TPSA) is 53.0 Å². The summed E-state index contributed by atoms with van der Waals surface area (Å²) in [6, 6.07) is 16.7. The Hall–Kier alpha value is -2.79. The van der Waals surface area contributed by atoms with Crippen LogP contribution in [0.5, 0.6) is 5.75 Å². The molecule has 0 atom stereocenters. The maximum absolute atomic E-state index is 12.9. The van der Waals surface area contributed by atoms with E-state index in [-0.39, 0.29) is 5.91 Å². The molecule has 23 heavy (non-hydrogen) atoms. The average molecular weight is 310 g/mol. The highest BCUT2D eigenvalue weighted by molar-refractivity contribution is 6.29. The van der Waals surface area contributed by atoms with E-state index in [1.807, 2.05) is 42.5 Å². The van der Waals surface area contributed by atoms with Gasteiger partial charge in [0.1, 0.15) is 5.75 Å². The average Bonchev–Trinajstić information content (AvgIpc) is 2.93. The highest BCUT2D eigenvalue weighted by Gasteiger charge is 2.33. The van der Waals surface area contributed by atoms with Gasteiger partial charge in [-0.15, -0.1) is 0 Å². The molecular weight excluding hydrogens is 292 g/mol. The minimum atomic E-state index is -0.128. The van der Waals surface area contributed by atoms with Crippen LogP contribution in [0.2, 0.25) is 0 Å². The monoisotopic (exact) mass is 310 g/mol. The maximum atomic E-state index is 12.9. The molecule has 0 aliphatic carbocycles. The summed E-state index contributed by atoms with van der Waals surface area (Å²) >= 11 is 0. The smallest absolute Gasteiger partial charge is 0.261 e. The number of ether oxygens (including phenoxy) is 1. The van der Waals surface area contributed by atoms with Crippen LogP contribution in [0.25, 0.3) is 5.57 Å². The van der Waals surface area contributed by atoms with Crippen molar-refractivity contribution in [3.63, 3.8) is 0 Å². The second-order valence-electron chi connectivity index (χ2n) is 5.30. The van der Waals surface area contributed by atoms with Gasteiger partial charge in [0.25, 0.3) is 5.91 Å². The van der Waals surface area contributed by atoms with Crippen LogP contribution in [0.1, 0.15) is 5.56 Å². The first-order valence-corrected chi connectivity index (χ1v) is 7.29. The van der Waals surface area contributed by atoms with Crippen LogP contribution in [0.4, 0.5) is 5.69 Å². The molecule has 2 aromatic rings. The Morgan fingerprint density at radius 3 is 2.30 bits per heavy atom. The van der Waals surface area contributed by atoms with E-state index in [9.17, 15) is 10.0 Å². The van der Waals surface area contributed by atoms with Crippen molar-refractivity contribution < 1.29 is 14.7 Å². The van der Waals surface area contributed by atoms with Crippen molar-refractivity contribution in [2.45, 2.75) is 0 Å². The molecule has 2 aromatic carbocycles. The second-order valence-corrected chi connectivity index (χ2v) is 5.30. The zero-order valence-corrected chi connectivity index (χ0v) is 13.1. The Morgan fingerprint density at radius 2 is 1.74 bits per heavy atom. The summed E-state index contributed by atoms with van der Waals surface area (Å²) in [7, 11) is 3.12. The predicted molar refractivity (Wildman–Crippen MR) is 88.3 cm³/mol. The van der Waals surface area contributed by atoms with Gasteiger partial charge in [-0.2, -0.15) is 0 Å². The van der Waals surface area contributed by atoms with Gasteiger partial charge in [0.05, 0.1) is 24.9 Å². The van der Waals surface area contributed by atoms with Crippen molar-refractivity contribution in [2.24, 2.45) is 0 Å². The molecule has 0 bridgehead atoms. The molecule has 3 rings (SSSR count). The minimum Gasteiger partial charge on any atom is -0.497 e. The molecule has 0 fully saturated rings. The molecule has 1 amide bonds. The van der Waals surface area contributed by atoms with Crippen molar-refractivity contribution in [1.82, 2.24) is 5.06 Å². The Balaban J connectivity index is 2.01. The Morgan fingerprint density at radius 1 is 1.09 bits per heavy atom. The van der Waals surface area contributed by atoms with E-state index >= 15 is 0 Å². The fourth-order valence-corrected chi connectivity index (χ4v) is 2.69. The van der Waals surface area contributed by atoms with Crippen LogP contribution in [0.3, 0.4) is 0 Å². The quantitative estimate of drug-likeness (QED) is 0.882. The molecule has 1 heterocycles. The zero-order chi connectivity index (χ0) is 16.4. The number of para-hydroxylation sites is 1. The summed E-state index contributed by atoms with van der Waals surface area (Å²) in [6.07, 6.45) is 0. The van der Waals surface area contributed by atoms with Gasteiger partial charge in [0.15, 0.2) is 0 Å². The molecule has 5 heteroatoms. The SMILES string of the molecule is COc1ccc(C2=C(N(C)O)CN(c3ccccc3)C2=O)cc1. The fraction of sp³-hybridized carbons (Fsp3) is 0.167. The highest BCUT2D eigenvalue weighted by atomic mass is 16.5. The molecule has 0 saturated heterocycles. The summed E-state index contributed by atoms with van der Waals surface area (Å²) in [4.78, 5) is 14.5. The van der Waals surface area contributed by atoms with Crippen LogP contribution in [0, 0.1) is 0 Å². The molecule has 0 aromatic heterocycles. The van der Waals surface area contributed by atoms with Gasteiger partial charge < -0.3 is 9.64 Å². The lowest BCUT2D eigenvalue weighted by Gasteiger charge is -2.18. The van der Waals surface area contributed by atoms with Crippen molar-refractivity contribution in [1.29, 1.82) is 0 Å². The van der Waals surface area contributed by atoms with Gasteiger partial charge in [-0.1, -0.05) is 30.3 Å². The van der Waals surface area contributed by atoms with Crippen molar-refractivity contribution in [2.75, 3.05) is 25.6 Å². The van der Waals surface area contributed by atoms with E-state index in [1.165, 1.54) is 7.05 Å². The number of nitrogens with zero attached hydrogens (tertiary/aromatic N) is 2. The van der Waals surface area contributed by atoms with Crippen LogP contribution in [-0.2, 0) is 4.79 Å². The summed E-state index contributed by atoms with van der Waals surface area (Å²) in [5.41, 5.74) is 2.64. The maximum Gasteiger partial charge on any atom is 0.261 e. The number of rotatable bonds is 4. The van der Waals surface area contributed by atoms with E-state index < -0.39 is 0 Å². The van der Waals surface area contributed by atoms with E-state index in [1.54, 1.807) is 24.1 Å². The second kappa shape index (κ2) is 6.14. The van der Waals surface area contributed by atoms with Gasteiger partial charge in [-0.25, -0.2) is 0 Å². The Labute approximate surface area is 135 Å². The molecule has 1 aliphatic heterocycles. The van der Waals surface area contributed by atoms with Gasteiger partial charge >= 0.3 is 0 Å². The fourth-order valence-electron chi connectivity index (χ4n) is 2.69. The van der Waals surface area contributed by atoms with Crippen LogP contribution >= 0.6 is 0 Å². The molecule has 118 valence electrons. The van der Waals surface area contributed by atoms with E-state index in [4.69, 9.17) is 4.74 Å². The molecular formula is C18H18N2O3. The number of carbonyl (C=O) groups excluding carboxylic acids is 1. The van der Waals surface area contributed by atoms with Crippen LogP contribution in [-0.4, -0.2) is 36.9 Å². The third-order valence-corrected chi connectivity index (χ3v) is 3.89. The number of methoxy groups -OCH3 is 1. The Bertz CT molecular complexity index is 737. The molecule has 5 nitrogen and oxygen atoms in total. The van der Waals surface area contributed by atoms with Crippen molar-refractivity contribution >= 4 is 17.2 Å². The van der Waals surface area contributed by atoms with Gasteiger partial charge in [0, 0.05) is 12.7 Å². The minimum absolute atomic E-state index is 0.128. The van der Waals surface area contributed by atoms with Gasteiger partial charge in [0.2, 0.25) is 0 Å². The molecule has 1 N–H and O–H groups in total. The van der Waals surface area contributed by atoms with Crippen LogP contribution in [0.15, 0.2) is 60.3 Å². The first kappa shape index (κ1) is 15.1. The largest absolute Gasteiger partial charge is 0.497 e. The third-order valence-electron chi connectivity index (χ3n) is 3.89. The lowest BCUT2D eigenvalue weighted by molar-refractivity contribution is -0.112. The molecule has 0 unspecified atom stereocenters. The predicted octanol–water partition coefficient (Wildman–Crippen LogP) is 2.77. The number of carbonyl (C=O) groups is 1. The van der Waals surface area contributed by atoms with E-state index in [0.717, 1.165) is 22.1 Å². The number of likely N-dealkylation sites (N-methyl/N-ethyl adjacent to an activating group) is 1. The summed E-state index contributed by atoms with van der Waals surface area (Å²) in [5, 5.41) is 11.0. The number of hydroxylamine groups is 2. The number of benzene rings is 2. The summed E-state index contributed by atoms with van der Waals surface area (Å²) in [6.45, 7) is 0.331. The molecule has 0 spiro atoms. The molecule has 0 saturated carbocycles. The molecule has 1 aliphatic rings. The lowest BCUT2D eigenvalue weighted by Crippen LogP contribution is -2.27. The normalized spacial score (nSPS) is 14.4. The number of hydrogen-bond acceptors (Lipinski definition) is 4. The summed E-state index contributed by atoms with van der Waals surface area (Å²) < 4.78 is 5.15. The highest BCUT2D eigenvalue weighted by Crippen LogP contribution is 2.33. The standard InChI is InChI=1S/C18H18N2O3/c1-19(22)16-12-20(14-6-4-3-5-7-14)18(21)17(16)13-8-10-15(23-2)11-9-13/h3-11,22H,12H2,1-2H3. The van der Waals surface area contributed by atoms with Gasteiger partial charge in [-0.05, 0) is 29.8 Å². The number of hydrogen-bond donors (Lipinski definition) is 1. The first-order chi connectivity index (χ1) is 11.1.